The number of piperidine rings is 1. The van der Waals surface area contributed by atoms with Crippen molar-refractivity contribution in [3.8, 4) is 0 Å². The SMILES string of the molecule is CNC(C)Cc1noc(CCC2CCN(C(C)=O)CC2)n1.Cl. The van der Waals surface area contributed by atoms with Gasteiger partial charge in [0.1, 0.15) is 0 Å². The minimum absolute atomic E-state index is 0. The van der Waals surface area contributed by atoms with E-state index in [0.717, 1.165) is 56.9 Å². The lowest BCUT2D eigenvalue weighted by molar-refractivity contribution is -0.130. The number of likely N-dealkylation sites (tertiary alicyclic amines) is 1. The molecule has 1 aliphatic heterocycles. The van der Waals surface area contributed by atoms with Crippen molar-refractivity contribution in [1.29, 1.82) is 0 Å². The maximum absolute atomic E-state index is 11.3. The Morgan fingerprint density at radius 2 is 2.14 bits per heavy atom. The van der Waals surface area contributed by atoms with Gasteiger partial charge in [0.25, 0.3) is 0 Å². The van der Waals surface area contributed by atoms with Gasteiger partial charge >= 0.3 is 0 Å². The van der Waals surface area contributed by atoms with Crippen LogP contribution < -0.4 is 5.32 Å². The van der Waals surface area contributed by atoms with Crippen molar-refractivity contribution in [2.45, 2.75) is 52.0 Å². The molecular formula is C15H27ClN4O2. The molecule has 1 atom stereocenters. The predicted octanol–water partition coefficient (Wildman–Crippen LogP) is 1.83. The zero-order chi connectivity index (χ0) is 15.2. The van der Waals surface area contributed by atoms with Crippen molar-refractivity contribution in [2.24, 2.45) is 5.92 Å². The summed E-state index contributed by atoms with van der Waals surface area (Å²) in [5.74, 6) is 2.36. The highest BCUT2D eigenvalue weighted by atomic mass is 35.5. The van der Waals surface area contributed by atoms with Crippen molar-refractivity contribution in [2.75, 3.05) is 20.1 Å². The molecule has 0 radical (unpaired) electrons. The lowest BCUT2D eigenvalue weighted by Crippen LogP contribution is -2.37. The van der Waals surface area contributed by atoms with E-state index in [-0.39, 0.29) is 18.3 Å². The van der Waals surface area contributed by atoms with E-state index in [9.17, 15) is 4.79 Å². The molecule has 2 heterocycles. The van der Waals surface area contributed by atoms with E-state index in [0.29, 0.717) is 12.0 Å². The Labute approximate surface area is 138 Å². The largest absolute Gasteiger partial charge is 0.343 e. The molecule has 0 bridgehead atoms. The third kappa shape index (κ3) is 5.57. The molecule has 0 aliphatic carbocycles. The number of hydrogen-bond donors (Lipinski definition) is 1. The Hall–Kier alpha value is -1.14. The van der Waals surface area contributed by atoms with Crippen LogP contribution in [0.25, 0.3) is 0 Å². The number of aryl methyl sites for hydroxylation is 1. The second-order valence-electron chi connectivity index (χ2n) is 5.99. The van der Waals surface area contributed by atoms with Gasteiger partial charge in [-0.3, -0.25) is 4.79 Å². The molecule has 0 saturated carbocycles. The molecule has 1 fully saturated rings. The van der Waals surface area contributed by atoms with Gasteiger partial charge in [-0.15, -0.1) is 12.4 Å². The van der Waals surface area contributed by atoms with Crippen molar-refractivity contribution in [1.82, 2.24) is 20.4 Å². The molecule has 0 aromatic carbocycles. The van der Waals surface area contributed by atoms with Crippen molar-refractivity contribution >= 4 is 18.3 Å². The highest BCUT2D eigenvalue weighted by molar-refractivity contribution is 5.85. The maximum Gasteiger partial charge on any atom is 0.226 e. The number of halogens is 1. The number of nitrogens with zero attached hydrogens (tertiary/aromatic N) is 3. The highest BCUT2D eigenvalue weighted by Gasteiger charge is 2.21. The maximum atomic E-state index is 11.3. The smallest absolute Gasteiger partial charge is 0.226 e. The van der Waals surface area contributed by atoms with E-state index < -0.39 is 0 Å². The normalized spacial score (nSPS) is 17.1. The first-order chi connectivity index (χ1) is 10.1. The summed E-state index contributed by atoms with van der Waals surface area (Å²) < 4.78 is 5.31. The average molecular weight is 331 g/mol. The number of carbonyl (C=O) groups excluding carboxylic acids is 1. The van der Waals surface area contributed by atoms with E-state index in [1.165, 1.54) is 0 Å². The number of likely N-dealkylation sites (N-methyl/N-ethyl adjacent to an activating group) is 1. The lowest BCUT2D eigenvalue weighted by Gasteiger charge is -2.31. The molecule has 1 aliphatic rings. The van der Waals surface area contributed by atoms with Crippen LogP contribution in [0.2, 0.25) is 0 Å². The summed E-state index contributed by atoms with van der Waals surface area (Å²) in [6.07, 6.45) is 4.85. The van der Waals surface area contributed by atoms with Gasteiger partial charge in [0.15, 0.2) is 5.82 Å². The molecule has 1 N–H and O–H groups in total. The summed E-state index contributed by atoms with van der Waals surface area (Å²) in [4.78, 5) is 17.7. The number of carbonyl (C=O) groups is 1. The van der Waals surface area contributed by atoms with Gasteiger partial charge in [-0.05, 0) is 39.2 Å². The van der Waals surface area contributed by atoms with Gasteiger partial charge in [-0.2, -0.15) is 4.98 Å². The van der Waals surface area contributed by atoms with E-state index >= 15 is 0 Å². The molecule has 126 valence electrons. The summed E-state index contributed by atoms with van der Waals surface area (Å²) >= 11 is 0. The van der Waals surface area contributed by atoms with Gasteiger partial charge in [-0.25, -0.2) is 0 Å². The summed E-state index contributed by atoms with van der Waals surface area (Å²) in [6, 6.07) is 0.353. The van der Waals surface area contributed by atoms with Crippen LogP contribution in [0.1, 0.15) is 44.8 Å². The van der Waals surface area contributed by atoms with Crippen LogP contribution in [0, 0.1) is 5.92 Å². The first kappa shape index (κ1) is 18.9. The third-order valence-corrected chi connectivity index (χ3v) is 4.32. The van der Waals surface area contributed by atoms with Crippen LogP contribution >= 0.6 is 12.4 Å². The summed E-state index contributed by atoms with van der Waals surface area (Å²) in [5, 5.41) is 7.19. The molecule has 1 unspecified atom stereocenters. The minimum atomic E-state index is 0. The monoisotopic (exact) mass is 330 g/mol. The number of aromatic nitrogens is 2. The van der Waals surface area contributed by atoms with Crippen molar-refractivity contribution in [3.63, 3.8) is 0 Å². The first-order valence-corrected chi connectivity index (χ1v) is 7.82. The Balaban J connectivity index is 0.00000242. The fraction of sp³-hybridized carbons (Fsp3) is 0.800. The number of amides is 1. The summed E-state index contributed by atoms with van der Waals surface area (Å²) in [6.45, 7) is 5.51. The van der Waals surface area contributed by atoms with Gasteiger partial charge in [0.05, 0.1) is 0 Å². The molecular weight excluding hydrogens is 304 g/mol. The first-order valence-electron chi connectivity index (χ1n) is 7.82. The number of rotatable bonds is 6. The van der Waals surface area contributed by atoms with Gasteiger partial charge < -0.3 is 14.7 Å². The summed E-state index contributed by atoms with van der Waals surface area (Å²) in [7, 11) is 1.93. The Kier molecular flexibility index (Phi) is 7.82. The highest BCUT2D eigenvalue weighted by Crippen LogP contribution is 2.22. The number of hydrogen-bond acceptors (Lipinski definition) is 5. The molecule has 1 aromatic heterocycles. The van der Waals surface area contributed by atoms with E-state index in [4.69, 9.17) is 4.52 Å². The molecule has 7 heteroatoms. The van der Waals surface area contributed by atoms with Gasteiger partial charge in [0, 0.05) is 38.9 Å². The van der Waals surface area contributed by atoms with Gasteiger partial charge in [0.2, 0.25) is 11.8 Å². The Morgan fingerprint density at radius 1 is 1.45 bits per heavy atom. The quantitative estimate of drug-likeness (QED) is 0.861. The van der Waals surface area contributed by atoms with Crippen molar-refractivity contribution in [3.05, 3.63) is 11.7 Å². The van der Waals surface area contributed by atoms with Gasteiger partial charge in [-0.1, -0.05) is 5.16 Å². The van der Waals surface area contributed by atoms with Crippen LogP contribution in [0.4, 0.5) is 0 Å². The number of nitrogens with one attached hydrogen (secondary N) is 1. The van der Waals surface area contributed by atoms with E-state index in [1.54, 1.807) is 6.92 Å². The average Bonchev–Trinajstić information content (AvgIpc) is 2.93. The Bertz CT molecular complexity index is 458. The fourth-order valence-corrected chi connectivity index (χ4v) is 2.71. The van der Waals surface area contributed by atoms with E-state index in [2.05, 4.69) is 22.4 Å². The fourth-order valence-electron chi connectivity index (χ4n) is 2.71. The molecule has 6 nitrogen and oxygen atoms in total. The van der Waals surface area contributed by atoms with Crippen LogP contribution in [-0.2, 0) is 17.6 Å². The molecule has 1 amide bonds. The topological polar surface area (TPSA) is 71.3 Å². The van der Waals surface area contributed by atoms with Crippen LogP contribution in [-0.4, -0.2) is 47.1 Å². The second kappa shape index (κ2) is 9.10. The lowest BCUT2D eigenvalue weighted by atomic mass is 9.92. The molecule has 1 saturated heterocycles. The van der Waals surface area contributed by atoms with Crippen LogP contribution in [0.3, 0.4) is 0 Å². The zero-order valence-corrected chi connectivity index (χ0v) is 14.5. The van der Waals surface area contributed by atoms with E-state index in [1.807, 2.05) is 11.9 Å². The third-order valence-electron chi connectivity index (χ3n) is 4.32. The molecule has 0 spiro atoms. The molecule has 22 heavy (non-hydrogen) atoms. The standard InChI is InChI=1S/C15H26N4O2.ClH/c1-11(16-3)10-14-17-15(21-18-14)5-4-13-6-8-19(9-7-13)12(2)20;/h11,13,16H,4-10H2,1-3H3;1H. The zero-order valence-electron chi connectivity index (χ0n) is 13.7. The summed E-state index contributed by atoms with van der Waals surface area (Å²) in [5.41, 5.74) is 0. The van der Waals surface area contributed by atoms with Crippen LogP contribution in [0.15, 0.2) is 4.52 Å². The van der Waals surface area contributed by atoms with Crippen LogP contribution in [0.5, 0.6) is 0 Å². The minimum Gasteiger partial charge on any atom is -0.343 e. The molecule has 2 rings (SSSR count). The second-order valence-corrected chi connectivity index (χ2v) is 5.99. The van der Waals surface area contributed by atoms with Crippen molar-refractivity contribution < 1.29 is 9.32 Å². The predicted molar refractivity (Wildman–Crippen MR) is 87.1 cm³/mol. The molecule has 1 aromatic rings. The Morgan fingerprint density at radius 3 is 2.73 bits per heavy atom.